The summed E-state index contributed by atoms with van der Waals surface area (Å²) in [7, 11) is 0. The van der Waals surface area contributed by atoms with Crippen molar-refractivity contribution in [2.24, 2.45) is 5.41 Å². The second-order valence-corrected chi connectivity index (χ2v) is 8.40. The van der Waals surface area contributed by atoms with Crippen LogP contribution in [0.1, 0.15) is 46.6 Å². The van der Waals surface area contributed by atoms with Crippen molar-refractivity contribution in [3.63, 3.8) is 0 Å². The molecular formula is C20H24ClN2O+. The van der Waals surface area contributed by atoms with E-state index in [2.05, 4.69) is 51.7 Å². The number of nitrogens with zero attached hydrogens (tertiary/aromatic N) is 2. The molecule has 0 heterocycles. The number of diazo groups is 1. The molecule has 126 valence electrons. The maximum absolute atomic E-state index is 9.07. The Morgan fingerprint density at radius 3 is 2.17 bits per heavy atom. The third-order valence-corrected chi connectivity index (χ3v) is 4.10. The van der Waals surface area contributed by atoms with E-state index in [4.69, 9.17) is 21.7 Å². The van der Waals surface area contributed by atoms with Gasteiger partial charge >= 0.3 is 5.69 Å². The SMILES string of the molecule is CC(C)(C)CC(C)(C)c1ccc(Oc2ccc(Cl)cc2[N+]#N)cc1. The monoisotopic (exact) mass is 343 g/mol. The molecule has 3 nitrogen and oxygen atoms in total. The molecule has 0 saturated carbocycles. The highest BCUT2D eigenvalue weighted by Crippen LogP contribution is 2.38. The van der Waals surface area contributed by atoms with Gasteiger partial charge in [0.15, 0.2) is 4.98 Å². The molecule has 0 spiro atoms. The minimum atomic E-state index is 0.0860. The zero-order valence-corrected chi connectivity index (χ0v) is 15.7. The van der Waals surface area contributed by atoms with Crippen LogP contribution in [0.3, 0.4) is 0 Å². The van der Waals surface area contributed by atoms with Gasteiger partial charge in [-0.1, -0.05) is 58.4 Å². The quantitative estimate of drug-likeness (QED) is 0.545. The number of hydrogen-bond donors (Lipinski definition) is 0. The van der Waals surface area contributed by atoms with Crippen molar-refractivity contribution >= 4 is 17.3 Å². The Hall–Kier alpha value is -2.05. The summed E-state index contributed by atoms with van der Waals surface area (Å²) in [6.07, 6.45) is 1.09. The van der Waals surface area contributed by atoms with Gasteiger partial charge in [-0.3, -0.25) is 0 Å². The Bertz CT molecular complexity index is 753. The molecule has 2 aromatic rings. The zero-order chi connectivity index (χ0) is 18.0. The zero-order valence-electron chi connectivity index (χ0n) is 14.9. The van der Waals surface area contributed by atoms with E-state index < -0.39 is 0 Å². The van der Waals surface area contributed by atoms with Gasteiger partial charge in [0.2, 0.25) is 11.1 Å². The van der Waals surface area contributed by atoms with Crippen molar-refractivity contribution in [3.8, 4) is 11.5 Å². The van der Waals surface area contributed by atoms with Crippen molar-refractivity contribution in [3.05, 3.63) is 58.0 Å². The third-order valence-electron chi connectivity index (χ3n) is 3.86. The lowest BCUT2D eigenvalue weighted by Crippen LogP contribution is -2.24. The molecule has 0 atom stereocenters. The van der Waals surface area contributed by atoms with Crippen molar-refractivity contribution in [2.45, 2.75) is 46.5 Å². The van der Waals surface area contributed by atoms with Crippen LogP contribution in [0.15, 0.2) is 42.5 Å². The second kappa shape index (κ2) is 6.83. The minimum Gasteiger partial charge on any atom is -0.449 e. The number of rotatable bonds is 4. The van der Waals surface area contributed by atoms with Gasteiger partial charge in [0.25, 0.3) is 0 Å². The number of halogens is 1. The molecule has 0 bridgehead atoms. The smallest absolute Gasteiger partial charge is 0.428 e. The van der Waals surface area contributed by atoms with Crippen LogP contribution in [0, 0.1) is 10.8 Å². The van der Waals surface area contributed by atoms with Crippen LogP contribution in [0.2, 0.25) is 5.02 Å². The highest BCUT2D eigenvalue weighted by molar-refractivity contribution is 6.30. The summed E-state index contributed by atoms with van der Waals surface area (Å²) >= 11 is 5.90. The van der Waals surface area contributed by atoms with Gasteiger partial charge in [0.05, 0.1) is 6.07 Å². The lowest BCUT2D eigenvalue weighted by molar-refractivity contribution is 0.284. The molecule has 0 aliphatic heterocycles. The molecule has 0 aliphatic rings. The molecular weight excluding hydrogens is 320 g/mol. The molecule has 0 aliphatic carbocycles. The second-order valence-electron chi connectivity index (χ2n) is 7.96. The maximum Gasteiger partial charge on any atom is 0.428 e. The predicted octanol–water partition coefficient (Wildman–Crippen LogP) is 7.33. The number of ether oxygens (including phenoxy) is 1. The largest absolute Gasteiger partial charge is 0.449 e. The minimum absolute atomic E-state index is 0.0860. The van der Waals surface area contributed by atoms with E-state index in [-0.39, 0.29) is 10.8 Å². The highest BCUT2D eigenvalue weighted by atomic mass is 35.5. The first kappa shape index (κ1) is 18.3. The van der Waals surface area contributed by atoms with Crippen molar-refractivity contribution < 1.29 is 4.74 Å². The van der Waals surface area contributed by atoms with Crippen LogP contribution in [0.25, 0.3) is 4.98 Å². The molecule has 4 heteroatoms. The van der Waals surface area contributed by atoms with Crippen LogP contribution in [-0.2, 0) is 5.41 Å². The molecule has 24 heavy (non-hydrogen) atoms. The van der Waals surface area contributed by atoms with Gasteiger partial charge in [-0.2, -0.15) is 0 Å². The topological polar surface area (TPSA) is 37.4 Å². The normalized spacial score (nSPS) is 11.9. The Balaban J connectivity index is 2.20. The molecule has 0 unspecified atom stereocenters. The van der Waals surface area contributed by atoms with Crippen LogP contribution in [-0.4, -0.2) is 0 Å². The highest BCUT2D eigenvalue weighted by Gasteiger charge is 2.27. The van der Waals surface area contributed by atoms with Gasteiger partial charge in [0.1, 0.15) is 5.75 Å². The number of benzene rings is 2. The van der Waals surface area contributed by atoms with Gasteiger partial charge < -0.3 is 4.74 Å². The molecule has 2 aromatic carbocycles. The van der Waals surface area contributed by atoms with Crippen molar-refractivity contribution in [1.82, 2.24) is 0 Å². The van der Waals surface area contributed by atoms with Crippen LogP contribution in [0.5, 0.6) is 11.5 Å². The van der Waals surface area contributed by atoms with E-state index in [1.54, 1.807) is 18.2 Å². The summed E-state index contributed by atoms with van der Waals surface area (Å²) < 4.78 is 5.81. The first-order valence-electron chi connectivity index (χ1n) is 8.04. The Morgan fingerprint density at radius 1 is 1.00 bits per heavy atom. The van der Waals surface area contributed by atoms with Gasteiger partial charge in [-0.15, -0.1) is 0 Å². The summed E-state index contributed by atoms with van der Waals surface area (Å²) in [5, 5.41) is 9.56. The van der Waals surface area contributed by atoms with Gasteiger partial charge in [-0.05, 0) is 47.1 Å². The van der Waals surface area contributed by atoms with Crippen LogP contribution < -0.4 is 4.74 Å². The molecule has 0 amide bonds. The van der Waals surface area contributed by atoms with Crippen molar-refractivity contribution in [2.75, 3.05) is 0 Å². The van der Waals surface area contributed by atoms with E-state index in [0.29, 0.717) is 22.2 Å². The summed E-state index contributed by atoms with van der Waals surface area (Å²) in [6.45, 7) is 11.3. The molecule has 0 saturated heterocycles. The summed E-state index contributed by atoms with van der Waals surface area (Å²) in [5.74, 6) is 1.15. The molecule has 0 fully saturated rings. The standard InChI is InChI=1S/C20H24ClN2O/c1-19(2,3)13-20(4,5)14-6-9-16(10-7-14)24-18-11-8-15(21)12-17(18)23-22/h6-12H,13H2,1-5H3/q+1. The summed E-state index contributed by atoms with van der Waals surface area (Å²) in [6, 6.07) is 13.0. The molecule has 0 N–H and O–H groups in total. The fraction of sp³-hybridized carbons (Fsp3) is 0.400. The lowest BCUT2D eigenvalue weighted by atomic mass is 9.72. The molecule has 0 aromatic heterocycles. The van der Waals surface area contributed by atoms with E-state index in [1.807, 2.05) is 12.1 Å². The molecule has 0 radical (unpaired) electrons. The Labute approximate surface area is 149 Å². The molecule has 2 rings (SSSR count). The van der Waals surface area contributed by atoms with Gasteiger partial charge in [0, 0.05) is 5.02 Å². The van der Waals surface area contributed by atoms with Crippen LogP contribution >= 0.6 is 11.6 Å². The number of hydrogen-bond acceptors (Lipinski definition) is 2. The van der Waals surface area contributed by atoms with E-state index in [0.717, 1.165) is 6.42 Å². The average molecular weight is 344 g/mol. The van der Waals surface area contributed by atoms with E-state index >= 15 is 0 Å². The Morgan fingerprint density at radius 2 is 1.62 bits per heavy atom. The fourth-order valence-corrected chi connectivity index (χ4v) is 3.35. The maximum atomic E-state index is 9.07. The fourth-order valence-electron chi connectivity index (χ4n) is 3.18. The lowest BCUT2D eigenvalue weighted by Gasteiger charge is -2.33. The van der Waals surface area contributed by atoms with Gasteiger partial charge in [-0.25, -0.2) is 0 Å². The first-order valence-corrected chi connectivity index (χ1v) is 8.42. The Kier molecular flexibility index (Phi) is 5.20. The summed E-state index contributed by atoms with van der Waals surface area (Å²) in [5.41, 5.74) is 1.93. The average Bonchev–Trinajstić information content (AvgIpc) is 2.47. The first-order chi connectivity index (χ1) is 11.1. The van der Waals surface area contributed by atoms with E-state index in [1.165, 1.54) is 5.56 Å². The van der Waals surface area contributed by atoms with Crippen LogP contribution in [0.4, 0.5) is 5.69 Å². The summed E-state index contributed by atoms with van der Waals surface area (Å²) in [4.78, 5) is 3.22. The predicted molar refractivity (Wildman–Crippen MR) is 99.8 cm³/mol. The third kappa shape index (κ3) is 4.72. The van der Waals surface area contributed by atoms with E-state index in [9.17, 15) is 0 Å². The van der Waals surface area contributed by atoms with Crippen molar-refractivity contribution in [1.29, 1.82) is 5.39 Å².